The molecule has 1 aliphatic heterocycles. The number of anilines is 1. The summed E-state index contributed by atoms with van der Waals surface area (Å²) in [5.74, 6) is 1.12. The molecule has 0 radical (unpaired) electrons. The molecular weight excluding hydrogens is 432 g/mol. The molecule has 0 saturated heterocycles. The molecule has 0 bridgehead atoms. The van der Waals surface area contributed by atoms with E-state index in [4.69, 9.17) is 9.47 Å². The van der Waals surface area contributed by atoms with E-state index in [-0.39, 0.29) is 18.3 Å². The van der Waals surface area contributed by atoms with Gasteiger partial charge in [0.2, 0.25) is 5.91 Å². The molecule has 178 valence electrons. The highest BCUT2D eigenvalue weighted by Gasteiger charge is 2.20. The Labute approximate surface area is 199 Å². The number of amides is 1. The standard InChI is InChI=1S/C26H30N4O4/c1-2-33-25(32)16-22(19-15-18-7-3-5-9-21(18)28-17-19)30-24(31)10-6-4-8-20-11-12-23-26(29-20)27-13-14-34-23/h3,5,7,9,11-12,15,17,22H,2,4,6,8,10,13-14,16H2,1H3,(H,27,29)(H,30,31)/t22-/m0/s1. The van der Waals surface area contributed by atoms with Crippen molar-refractivity contribution in [2.45, 2.75) is 45.1 Å². The van der Waals surface area contributed by atoms with E-state index in [9.17, 15) is 9.59 Å². The highest BCUT2D eigenvalue weighted by atomic mass is 16.5. The Morgan fingerprint density at radius 2 is 2.09 bits per heavy atom. The van der Waals surface area contributed by atoms with Crippen LogP contribution in [0.1, 0.15) is 49.9 Å². The first-order valence-corrected chi connectivity index (χ1v) is 11.8. The van der Waals surface area contributed by atoms with Gasteiger partial charge in [0.1, 0.15) is 6.61 Å². The summed E-state index contributed by atoms with van der Waals surface area (Å²) in [6.07, 6.45) is 4.48. The van der Waals surface area contributed by atoms with Crippen molar-refractivity contribution < 1.29 is 19.1 Å². The normalized spacial score (nSPS) is 13.3. The summed E-state index contributed by atoms with van der Waals surface area (Å²) in [6, 6.07) is 13.1. The van der Waals surface area contributed by atoms with Gasteiger partial charge in [-0.3, -0.25) is 14.6 Å². The predicted octanol–water partition coefficient (Wildman–Crippen LogP) is 3.96. The molecule has 8 heteroatoms. The fourth-order valence-corrected chi connectivity index (χ4v) is 3.98. The Morgan fingerprint density at radius 3 is 2.97 bits per heavy atom. The number of hydrogen-bond acceptors (Lipinski definition) is 7. The van der Waals surface area contributed by atoms with E-state index in [1.54, 1.807) is 13.1 Å². The topological polar surface area (TPSA) is 102 Å². The van der Waals surface area contributed by atoms with Crippen LogP contribution < -0.4 is 15.4 Å². The maximum atomic E-state index is 12.7. The summed E-state index contributed by atoms with van der Waals surface area (Å²) in [5, 5.41) is 7.21. The molecule has 4 rings (SSSR count). The number of nitrogens with zero attached hydrogens (tertiary/aromatic N) is 2. The SMILES string of the molecule is CCOC(=O)C[C@H](NC(=O)CCCCc1ccc2c(n1)NCCO2)c1cnc2ccccc2c1. The summed E-state index contributed by atoms with van der Waals surface area (Å²) in [4.78, 5) is 34.0. The number of rotatable bonds is 10. The van der Waals surface area contributed by atoms with Gasteiger partial charge < -0.3 is 20.1 Å². The summed E-state index contributed by atoms with van der Waals surface area (Å²) in [5.41, 5.74) is 2.62. The van der Waals surface area contributed by atoms with Crippen LogP contribution >= 0.6 is 0 Å². The first-order chi connectivity index (χ1) is 16.6. The largest absolute Gasteiger partial charge is 0.488 e. The van der Waals surface area contributed by atoms with Gasteiger partial charge in [0.15, 0.2) is 11.6 Å². The number of fused-ring (bicyclic) bond motifs is 2. The van der Waals surface area contributed by atoms with Gasteiger partial charge in [0, 0.05) is 23.7 Å². The van der Waals surface area contributed by atoms with Gasteiger partial charge in [0.05, 0.1) is 31.1 Å². The van der Waals surface area contributed by atoms with Gasteiger partial charge in [-0.25, -0.2) is 4.98 Å². The monoisotopic (exact) mass is 462 g/mol. The van der Waals surface area contributed by atoms with E-state index in [0.29, 0.717) is 19.6 Å². The Morgan fingerprint density at radius 1 is 1.21 bits per heavy atom. The van der Waals surface area contributed by atoms with Crippen molar-refractivity contribution in [2.75, 3.05) is 25.1 Å². The highest BCUT2D eigenvalue weighted by molar-refractivity contribution is 5.81. The smallest absolute Gasteiger partial charge is 0.308 e. The van der Waals surface area contributed by atoms with Crippen LogP contribution in [0.3, 0.4) is 0 Å². The van der Waals surface area contributed by atoms with Gasteiger partial charge in [-0.05, 0) is 56.0 Å². The second-order valence-electron chi connectivity index (χ2n) is 8.22. The van der Waals surface area contributed by atoms with Crippen molar-refractivity contribution in [1.82, 2.24) is 15.3 Å². The number of carbonyl (C=O) groups is 2. The number of pyridine rings is 2. The molecule has 0 fully saturated rings. The molecule has 1 aromatic carbocycles. The molecule has 34 heavy (non-hydrogen) atoms. The van der Waals surface area contributed by atoms with Crippen LogP contribution in [0.2, 0.25) is 0 Å². The summed E-state index contributed by atoms with van der Waals surface area (Å²) < 4.78 is 10.7. The van der Waals surface area contributed by atoms with Crippen LogP contribution in [-0.4, -0.2) is 41.6 Å². The Kier molecular flexibility index (Phi) is 7.91. The molecule has 1 atom stereocenters. The number of benzene rings is 1. The number of ether oxygens (including phenoxy) is 2. The molecule has 1 amide bonds. The van der Waals surface area contributed by atoms with E-state index in [2.05, 4.69) is 20.6 Å². The van der Waals surface area contributed by atoms with Crippen LogP contribution in [0, 0.1) is 0 Å². The maximum absolute atomic E-state index is 12.7. The van der Waals surface area contributed by atoms with Crippen LogP contribution in [0.4, 0.5) is 5.82 Å². The summed E-state index contributed by atoms with van der Waals surface area (Å²) >= 11 is 0. The molecule has 0 aliphatic carbocycles. The fourth-order valence-electron chi connectivity index (χ4n) is 3.98. The fraction of sp³-hybridized carbons (Fsp3) is 0.385. The number of unbranched alkanes of at least 4 members (excludes halogenated alkanes) is 1. The molecule has 2 aromatic heterocycles. The van der Waals surface area contributed by atoms with Crippen molar-refractivity contribution in [2.24, 2.45) is 0 Å². The summed E-state index contributed by atoms with van der Waals surface area (Å²) in [7, 11) is 0. The lowest BCUT2D eigenvalue weighted by atomic mass is 10.0. The minimum atomic E-state index is -0.489. The molecule has 0 saturated carbocycles. The van der Waals surface area contributed by atoms with Crippen molar-refractivity contribution in [3.63, 3.8) is 0 Å². The van der Waals surface area contributed by atoms with Crippen LogP contribution in [-0.2, 0) is 20.7 Å². The van der Waals surface area contributed by atoms with Crippen LogP contribution in [0.5, 0.6) is 5.75 Å². The molecule has 3 aromatic rings. The van der Waals surface area contributed by atoms with Gasteiger partial charge in [-0.1, -0.05) is 18.2 Å². The lowest BCUT2D eigenvalue weighted by Crippen LogP contribution is -2.30. The average molecular weight is 463 g/mol. The molecule has 1 aliphatic rings. The van der Waals surface area contributed by atoms with Gasteiger partial charge >= 0.3 is 5.97 Å². The van der Waals surface area contributed by atoms with E-state index in [0.717, 1.165) is 59.5 Å². The van der Waals surface area contributed by atoms with Crippen molar-refractivity contribution >= 4 is 28.6 Å². The molecule has 0 spiro atoms. The third kappa shape index (κ3) is 6.21. The summed E-state index contributed by atoms with van der Waals surface area (Å²) in [6.45, 7) is 3.47. The third-order valence-corrected chi connectivity index (χ3v) is 5.68. The zero-order valence-electron chi connectivity index (χ0n) is 19.4. The first kappa shape index (κ1) is 23.5. The second kappa shape index (κ2) is 11.4. The number of nitrogens with one attached hydrogen (secondary N) is 2. The molecule has 0 unspecified atom stereocenters. The Bertz CT molecular complexity index is 1150. The minimum Gasteiger partial charge on any atom is -0.488 e. The van der Waals surface area contributed by atoms with Gasteiger partial charge in [0.25, 0.3) is 0 Å². The number of para-hydroxylation sites is 1. The zero-order valence-corrected chi connectivity index (χ0v) is 19.4. The lowest BCUT2D eigenvalue weighted by molar-refractivity contribution is -0.143. The number of aryl methyl sites for hydroxylation is 1. The van der Waals surface area contributed by atoms with E-state index in [1.807, 2.05) is 42.5 Å². The number of esters is 1. The quantitative estimate of drug-likeness (QED) is 0.347. The van der Waals surface area contributed by atoms with E-state index >= 15 is 0 Å². The average Bonchev–Trinajstić information content (AvgIpc) is 2.86. The molecule has 8 nitrogen and oxygen atoms in total. The number of hydrogen-bond donors (Lipinski definition) is 2. The Balaban J connectivity index is 1.33. The maximum Gasteiger partial charge on any atom is 0.308 e. The highest BCUT2D eigenvalue weighted by Crippen LogP contribution is 2.25. The number of carbonyl (C=O) groups excluding carboxylic acids is 2. The third-order valence-electron chi connectivity index (χ3n) is 5.68. The Hall–Kier alpha value is -3.68. The first-order valence-electron chi connectivity index (χ1n) is 11.8. The number of aromatic nitrogens is 2. The minimum absolute atomic E-state index is 0.0632. The molecule has 3 heterocycles. The van der Waals surface area contributed by atoms with Gasteiger partial charge in [-0.15, -0.1) is 0 Å². The van der Waals surface area contributed by atoms with Crippen molar-refractivity contribution in [3.05, 3.63) is 59.9 Å². The van der Waals surface area contributed by atoms with Crippen molar-refractivity contribution in [3.8, 4) is 5.75 Å². The second-order valence-corrected chi connectivity index (χ2v) is 8.22. The van der Waals surface area contributed by atoms with Crippen molar-refractivity contribution in [1.29, 1.82) is 0 Å². The van der Waals surface area contributed by atoms with E-state index in [1.165, 1.54) is 0 Å². The van der Waals surface area contributed by atoms with Crippen LogP contribution in [0.25, 0.3) is 10.9 Å². The van der Waals surface area contributed by atoms with Crippen LogP contribution in [0.15, 0.2) is 48.7 Å². The molecular formula is C26H30N4O4. The lowest BCUT2D eigenvalue weighted by Gasteiger charge is -2.19. The molecule has 2 N–H and O–H groups in total. The van der Waals surface area contributed by atoms with Gasteiger partial charge in [-0.2, -0.15) is 0 Å². The van der Waals surface area contributed by atoms with E-state index < -0.39 is 6.04 Å². The predicted molar refractivity (Wildman–Crippen MR) is 130 cm³/mol. The zero-order chi connectivity index (χ0) is 23.8.